The van der Waals surface area contributed by atoms with Crippen LogP contribution >= 0.6 is 0 Å². The van der Waals surface area contributed by atoms with E-state index in [1.54, 1.807) is 36.7 Å². The molecule has 1 heterocycles. The van der Waals surface area contributed by atoms with Gasteiger partial charge in [-0.05, 0) is 30.7 Å². The average molecular weight is 246 g/mol. The lowest BCUT2D eigenvalue weighted by molar-refractivity contribution is 0.278. The van der Waals surface area contributed by atoms with Crippen molar-refractivity contribution in [3.05, 3.63) is 42.2 Å². The maximum absolute atomic E-state index is 9.09. The Labute approximate surface area is 105 Å². The molecule has 0 saturated carbocycles. The Hall–Kier alpha value is -2.14. The normalized spacial score (nSPS) is 10.1. The number of aliphatic hydroxyl groups excluding tert-OH is 1. The molecule has 0 atom stereocenters. The highest BCUT2D eigenvalue weighted by atomic mass is 16.5. The largest absolute Gasteiger partial charge is 0.490 e. The summed E-state index contributed by atoms with van der Waals surface area (Å²) in [5, 5.41) is 9.09. The zero-order valence-corrected chi connectivity index (χ0v) is 10.0. The highest BCUT2D eigenvalue weighted by Gasteiger charge is 2.08. The van der Waals surface area contributed by atoms with Gasteiger partial charge in [0, 0.05) is 12.4 Å². The van der Waals surface area contributed by atoms with Crippen LogP contribution < -0.4 is 9.47 Å². The van der Waals surface area contributed by atoms with Crippen LogP contribution in [0.4, 0.5) is 0 Å². The van der Waals surface area contributed by atoms with Crippen LogP contribution in [0.1, 0.15) is 12.5 Å². The first-order chi connectivity index (χ1) is 8.83. The van der Waals surface area contributed by atoms with Crippen LogP contribution in [0.25, 0.3) is 0 Å². The maximum Gasteiger partial charge on any atom is 0.321 e. The SMILES string of the molecule is CCOc1cc(CO)ccc1Oc1ncccn1. The molecule has 0 amide bonds. The minimum absolute atomic E-state index is 0.0395. The molecule has 2 aromatic rings. The van der Waals surface area contributed by atoms with Gasteiger partial charge in [0.15, 0.2) is 11.5 Å². The summed E-state index contributed by atoms with van der Waals surface area (Å²) in [5.74, 6) is 1.09. The molecule has 0 fully saturated rings. The van der Waals surface area contributed by atoms with Gasteiger partial charge in [-0.15, -0.1) is 0 Å². The maximum atomic E-state index is 9.09. The van der Waals surface area contributed by atoms with Crippen molar-refractivity contribution in [1.82, 2.24) is 9.97 Å². The van der Waals surface area contributed by atoms with Crippen LogP contribution in [0, 0.1) is 0 Å². The Balaban J connectivity index is 2.26. The van der Waals surface area contributed by atoms with Crippen molar-refractivity contribution in [3.63, 3.8) is 0 Å². The van der Waals surface area contributed by atoms with Crippen molar-refractivity contribution in [2.24, 2.45) is 0 Å². The molecule has 0 unspecified atom stereocenters. The van der Waals surface area contributed by atoms with Crippen LogP contribution in [-0.2, 0) is 6.61 Å². The van der Waals surface area contributed by atoms with Crippen molar-refractivity contribution in [1.29, 1.82) is 0 Å². The van der Waals surface area contributed by atoms with Gasteiger partial charge in [0.1, 0.15) is 0 Å². The summed E-state index contributed by atoms with van der Waals surface area (Å²) >= 11 is 0. The molecule has 2 rings (SSSR count). The van der Waals surface area contributed by atoms with Crippen LogP contribution in [-0.4, -0.2) is 21.7 Å². The van der Waals surface area contributed by atoms with E-state index >= 15 is 0 Å². The van der Waals surface area contributed by atoms with Crippen molar-refractivity contribution >= 4 is 0 Å². The second-order valence-electron chi connectivity index (χ2n) is 3.51. The van der Waals surface area contributed by atoms with Crippen LogP contribution in [0.15, 0.2) is 36.7 Å². The van der Waals surface area contributed by atoms with Crippen LogP contribution in [0.2, 0.25) is 0 Å². The van der Waals surface area contributed by atoms with Gasteiger partial charge in [-0.25, -0.2) is 9.97 Å². The summed E-state index contributed by atoms with van der Waals surface area (Å²) in [6, 6.07) is 7.20. The first-order valence-electron chi connectivity index (χ1n) is 5.65. The van der Waals surface area contributed by atoms with Crippen LogP contribution in [0.5, 0.6) is 17.5 Å². The Kier molecular flexibility index (Phi) is 4.09. The van der Waals surface area contributed by atoms with Gasteiger partial charge in [0.05, 0.1) is 13.2 Å². The van der Waals surface area contributed by atoms with Gasteiger partial charge >= 0.3 is 6.01 Å². The molecular formula is C13H14N2O3. The van der Waals surface area contributed by atoms with Gasteiger partial charge < -0.3 is 14.6 Å². The first kappa shape index (κ1) is 12.3. The minimum Gasteiger partial charge on any atom is -0.490 e. The lowest BCUT2D eigenvalue weighted by atomic mass is 10.2. The molecular weight excluding hydrogens is 232 g/mol. The molecule has 5 heteroatoms. The average Bonchev–Trinajstić information content (AvgIpc) is 2.42. The quantitative estimate of drug-likeness (QED) is 0.875. The molecule has 1 N–H and O–H groups in total. The summed E-state index contributed by atoms with van der Waals surface area (Å²) < 4.78 is 11.0. The van der Waals surface area contributed by atoms with E-state index in [-0.39, 0.29) is 12.6 Å². The van der Waals surface area contributed by atoms with E-state index < -0.39 is 0 Å². The minimum atomic E-state index is -0.0395. The predicted molar refractivity (Wildman–Crippen MR) is 65.6 cm³/mol. The Bertz CT molecular complexity index is 503. The Morgan fingerprint density at radius 2 is 1.94 bits per heavy atom. The fourth-order valence-corrected chi connectivity index (χ4v) is 1.44. The summed E-state index contributed by atoms with van der Waals surface area (Å²) in [7, 11) is 0. The van der Waals surface area contributed by atoms with E-state index in [1.807, 2.05) is 6.92 Å². The smallest absolute Gasteiger partial charge is 0.321 e. The molecule has 0 saturated heterocycles. The fourth-order valence-electron chi connectivity index (χ4n) is 1.44. The van der Waals surface area contributed by atoms with Gasteiger partial charge in [0.25, 0.3) is 0 Å². The highest BCUT2D eigenvalue weighted by Crippen LogP contribution is 2.31. The summed E-state index contributed by atoms with van der Waals surface area (Å²) in [4.78, 5) is 7.96. The van der Waals surface area contributed by atoms with Crippen molar-refractivity contribution in [2.45, 2.75) is 13.5 Å². The van der Waals surface area contributed by atoms with Crippen LogP contribution in [0.3, 0.4) is 0 Å². The molecule has 94 valence electrons. The summed E-state index contributed by atoms with van der Waals surface area (Å²) in [6.07, 6.45) is 3.20. The molecule has 1 aromatic heterocycles. The second-order valence-corrected chi connectivity index (χ2v) is 3.51. The molecule has 18 heavy (non-hydrogen) atoms. The second kappa shape index (κ2) is 5.97. The van der Waals surface area contributed by atoms with E-state index in [1.165, 1.54) is 0 Å². The number of nitrogens with zero attached hydrogens (tertiary/aromatic N) is 2. The fraction of sp³-hybridized carbons (Fsp3) is 0.231. The molecule has 0 aliphatic rings. The van der Waals surface area contributed by atoms with Gasteiger partial charge in [-0.1, -0.05) is 6.07 Å². The van der Waals surface area contributed by atoms with Crippen molar-refractivity contribution in [3.8, 4) is 17.5 Å². The number of ether oxygens (including phenoxy) is 2. The molecule has 0 spiro atoms. The van der Waals surface area contributed by atoms with E-state index in [0.717, 1.165) is 5.56 Å². The summed E-state index contributed by atoms with van der Waals surface area (Å²) in [6.45, 7) is 2.36. The lowest BCUT2D eigenvalue weighted by Gasteiger charge is -2.11. The standard InChI is InChI=1S/C13H14N2O3/c1-2-17-12-8-10(9-16)4-5-11(12)18-13-14-6-3-7-15-13/h3-8,16H,2,9H2,1H3. The topological polar surface area (TPSA) is 64.5 Å². The lowest BCUT2D eigenvalue weighted by Crippen LogP contribution is -1.98. The van der Waals surface area contributed by atoms with Gasteiger partial charge in [0.2, 0.25) is 0 Å². The van der Waals surface area contributed by atoms with E-state index in [4.69, 9.17) is 14.6 Å². The highest BCUT2D eigenvalue weighted by molar-refractivity contribution is 5.44. The zero-order valence-electron chi connectivity index (χ0n) is 10.0. The molecule has 1 aromatic carbocycles. The molecule has 0 bridgehead atoms. The van der Waals surface area contributed by atoms with E-state index in [9.17, 15) is 0 Å². The zero-order chi connectivity index (χ0) is 12.8. The number of benzene rings is 1. The number of hydrogen-bond acceptors (Lipinski definition) is 5. The van der Waals surface area contributed by atoms with Gasteiger partial charge in [-0.3, -0.25) is 0 Å². The molecule has 0 radical (unpaired) electrons. The number of hydrogen-bond donors (Lipinski definition) is 1. The predicted octanol–water partition coefficient (Wildman–Crippen LogP) is 2.16. The monoisotopic (exact) mass is 246 g/mol. The van der Waals surface area contributed by atoms with E-state index in [0.29, 0.717) is 18.1 Å². The number of aliphatic hydroxyl groups is 1. The molecule has 0 aliphatic heterocycles. The van der Waals surface area contributed by atoms with Gasteiger partial charge in [-0.2, -0.15) is 0 Å². The third kappa shape index (κ3) is 2.95. The third-order valence-corrected chi connectivity index (χ3v) is 2.23. The summed E-state index contributed by atoms with van der Waals surface area (Å²) in [5.41, 5.74) is 0.764. The Morgan fingerprint density at radius 1 is 1.17 bits per heavy atom. The molecule has 0 aliphatic carbocycles. The number of aromatic nitrogens is 2. The first-order valence-corrected chi connectivity index (χ1v) is 5.65. The van der Waals surface area contributed by atoms with Crippen molar-refractivity contribution in [2.75, 3.05) is 6.61 Å². The number of rotatable bonds is 5. The van der Waals surface area contributed by atoms with Crippen molar-refractivity contribution < 1.29 is 14.6 Å². The Morgan fingerprint density at radius 3 is 2.61 bits per heavy atom. The van der Waals surface area contributed by atoms with E-state index in [2.05, 4.69) is 9.97 Å². The third-order valence-electron chi connectivity index (χ3n) is 2.23. The molecule has 5 nitrogen and oxygen atoms in total.